The molecule has 26 heavy (non-hydrogen) atoms. The summed E-state index contributed by atoms with van der Waals surface area (Å²) >= 11 is 0. The average Bonchev–Trinajstić information content (AvgIpc) is 2.68. The first-order chi connectivity index (χ1) is 12.6. The number of aromatic carboxylic acids is 1. The van der Waals surface area contributed by atoms with Crippen LogP contribution in [0.15, 0.2) is 48.5 Å². The topological polar surface area (TPSA) is 66.8 Å². The lowest BCUT2D eigenvalue weighted by Crippen LogP contribution is -2.38. The fraction of sp³-hybridized carbons (Fsp3) is 0.333. The Morgan fingerprint density at radius 1 is 1.12 bits per heavy atom. The molecule has 0 aromatic heterocycles. The van der Waals surface area contributed by atoms with E-state index in [0.29, 0.717) is 5.92 Å². The first-order valence-corrected chi connectivity index (χ1v) is 8.81. The summed E-state index contributed by atoms with van der Waals surface area (Å²) in [5.41, 5.74) is 2.21. The van der Waals surface area contributed by atoms with Crippen LogP contribution in [0, 0.1) is 0 Å². The van der Waals surface area contributed by atoms with Gasteiger partial charge in [-0.05, 0) is 54.2 Å². The maximum atomic E-state index is 12.6. The van der Waals surface area contributed by atoms with Gasteiger partial charge in [0.25, 0.3) is 0 Å². The molecule has 0 atom stereocenters. The maximum Gasteiger partial charge on any atom is 0.335 e. The molecule has 2 aromatic carbocycles. The minimum absolute atomic E-state index is 0.0524. The number of carbonyl (C=O) groups is 2. The zero-order valence-electron chi connectivity index (χ0n) is 14.9. The number of rotatable bonds is 5. The van der Waals surface area contributed by atoms with Gasteiger partial charge in [0.15, 0.2) is 0 Å². The van der Waals surface area contributed by atoms with Crippen molar-refractivity contribution in [3.63, 3.8) is 0 Å². The summed E-state index contributed by atoms with van der Waals surface area (Å²) in [7, 11) is 1.67. The molecule has 1 N–H and O–H groups in total. The van der Waals surface area contributed by atoms with Crippen LogP contribution in [-0.2, 0) is 11.2 Å². The Morgan fingerprint density at radius 2 is 1.85 bits per heavy atom. The predicted octanol–water partition coefficient (Wildman–Crippen LogP) is 3.34. The van der Waals surface area contributed by atoms with Crippen molar-refractivity contribution in [1.82, 2.24) is 4.90 Å². The van der Waals surface area contributed by atoms with E-state index in [2.05, 4.69) is 12.1 Å². The molecule has 0 aliphatic carbocycles. The van der Waals surface area contributed by atoms with Crippen LogP contribution in [0.2, 0.25) is 0 Å². The zero-order chi connectivity index (χ0) is 18.5. The molecule has 1 aliphatic rings. The third-order valence-electron chi connectivity index (χ3n) is 4.94. The van der Waals surface area contributed by atoms with Crippen molar-refractivity contribution in [3.8, 4) is 5.75 Å². The largest absolute Gasteiger partial charge is 0.497 e. The van der Waals surface area contributed by atoms with Gasteiger partial charge in [0.05, 0.1) is 19.1 Å². The highest BCUT2D eigenvalue weighted by molar-refractivity contribution is 5.88. The number of carboxylic acids is 1. The van der Waals surface area contributed by atoms with E-state index in [9.17, 15) is 9.59 Å². The van der Waals surface area contributed by atoms with E-state index in [1.54, 1.807) is 25.3 Å². The molecule has 0 bridgehead atoms. The van der Waals surface area contributed by atoms with Crippen LogP contribution >= 0.6 is 0 Å². The number of likely N-dealkylation sites (tertiary alicyclic amines) is 1. The minimum Gasteiger partial charge on any atom is -0.497 e. The molecule has 1 amide bonds. The van der Waals surface area contributed by atoms with Crippen molar-refractivity contribution in [3.05, 3.63) is 65.2 Å². The van der Waals surface area contributed by atoms with Gasteiger partial charge in [0.2, 0.25) is 5.91 Å². The van der Waals surface area contributed by atoms with E-state index in [1.807, 2.05) is 17.0 Å². The second-order valence-corrected chi connectivity index (χ2v) is 6.61. The number of hydrogen-bond donors (Lipinski definition) is 1. The molecule has 5 heteroatoms. The Hall–Kier alpha value is -2.82. The number of nitrogens with zero attached hydrogens (tertiary/aromatic N) is 1. The molecular weight excluding hydrogens is 330 g/mol. The van der Waals surface area contributed by atoms with E-state index in [4.69, 9.17) is 9.84 Å². The van der Waals surface area contributed by atoms with Crippen molar-refractivity contribution in [2.75, 3.05) is 20.2 Å². The van der Waals surface area contributed by atoms with E-state index < -0.39 is 5.97 Å². The van der Waals surface area contributed by atoms with Gasteiger partial charge >= 0.3 is 5.97 Å². The van der Waals surface area contributed by atoms with Crippen LogP contribution in [0.25, 0.3) is 0 Å². The van der Waals surface area contributed by atoms with Gasteiger partial charge < -0.3 is 14.7 Å². The molecule has 5 nitrogen and oxygen atoms in total. The number of ether oxygens (including phenoxy) is 1. The van der Waals surface area contributed by atoms with E-state index >= 15 is 0 Å². The summed E-state index contributed by atoms with van der Waals surface area (Å²) in [5, 5.41) is 9.06. The molecule has 1 heterocycles. The lowest BCUT2D eigenvalue weighted by Gasteiger charge is -2.32. The smallest absolute Gasteiger partial charge is 0.335 e. The average molecular weight is 353 g/mol. The monoisotopic (exact) mass is 353 g/mol. The van der Waals surface area contributed by atoms with Crippen LogP contribution in [0.1, 0.15) is 40.2 Å². The SMILES string of the molecule is COc1cccc(C2CCN(C(=O)Cc3cccc(C(=O)O)c3)CC2)c1. The number of carboxylic acid groups (broad SMARTS) is 1. The van der Waals surface area contributed by atoms with Crippen molar-refractivity contribution in [1.29, 1.82) is 0 Å². The number of carbonyl (C=O) groups excluding carboxylic acids is 1. The van der Waals surface area contributed by atoms with Crippen molar-refractivity contribution in [2.45, 2.75) is 25.2 Å². The molecular formula is C21H23NO4. The van der Waals surface area contributed by atoms with Gasteiger partial charge in [-0.3, -0.25) is 4.79 Å². The molecule has 136 valence electrons. The maximum absolute atomic E-state index is 12.6. The molecule has 1 saturated heterocycles. The Morgan fingerprint density at radius 3 is 2.54 bits per heavy atom. The lowest BCUT2D eigenvalue weighted by atomic mass is 9.89. The molecule has 3 rings (SSSR count). The summed E-state index contributed by atoms with van der Waals surface area (Å²) in [5.74, 6) is 0.374. The highest BCUT2D eigenvalue weighted by Crippen LogP contribution is 2.30. The molecule has 0 spiro atoms. The summed E-state index contributed by atoms with van der Waals surface area (Å²) in [6.07, 6.45) is 2.09. The van der Waals surface area contributed by atoms with Crippen molar-refractivity contribution < 1.29 is 19.4 Å². The first-order valence-electron chi connectivity index (χ1n) is 8.81. The minimum atomic E-state index is -0.974. The predicted molar refractivity (Wildman–Crippen MR) is 98.7 cm³/mol. The molecule has 1 fully saturated rings. The van der Waals surface area contributed by atoms with Crippen molar-refractivity contribution in [2.24, 2.45) is 0 Å². The number of methoxy groups -OCH3 is 1. The first kappa shape index (κ1) is 18.0. The third kappa shape index (κ3) is 4.23. The quantitative estimate of drug-likeness (QED) is 0.895. The summed E-state index contributed by atoms with van der Waals surface area (Å²) < 4.78 is 5.29. The van der Waals surface area contributed by atoms with Crippen LogP contribution in [0.5, 0.6) is 5.75 Å². The second-order valence-electron chi connectivity index (χ2n) is 6.61. The van der Waals surface area contributed by atoms with Gasteiger partial charge in [-0.2, -0.15) is 0 Å². The zero-order valence-corrected chi connectivity index (χ0v) is 14.9. The Labute approximate surface area is 153 Å². The fourth-order valence-electron chi connectivity index (χ4n) is 3.46. The second kappa shape index (κ2) is 8.04. The highest BCUT2D eigenvalue weighted by Gasteiger charge is 2.24. The number of hydrogen-bond acceptors (Lipinski definition) is 3. The summed E-state index contributed by atoms with van der Waals surface area (Å²) in [4.78, 5) is 25.5. The Kier molecular flexibility index (Phi) is 5.56. The standard InChI is InChI=1S/C21H23NO4/c1-26-19-7-3-5-17(14-19)16-8-10-22(11-9-16)20(23)13-15-4-2-6-18(12-15)21(24)25/h2-7,12,14,16H,8-11,13H2,1H3,(H,24,25). The van der Waals surface area contributed by atoms with Gasteiger partial charge in [-0.1, -0.05) is 24.3 Å². The molecule has 1 aliphatic heterocycles. The van der Waals surface area contributed by atoms with Crippen LogP contribution in [0.4, 0.5) is 0 Å². The van der Waals surface area contributed by atoms with Crippen LogP contribution in [-0.4, -0.2) is 42.1 Å². The van der Waals surface area contributed by atoms with Crippen molar-refractivity contribution >= 4 is 11.9 Å². The Bertz CT molecular complexity index is 794. The lowest BCUT2D eigenvalue weighted by molar-refractivity contribution is -0.131. The van der Waals surface area contributed by atoms with Gasteiger partial charge in [0, 0.05) is 13.1 Å². The summed E-state index contributed by atoms with van der Waals surface area (Å²) in [6, 6.07) is 14.7. The number of benzene rings is 2. The molecule has 0 radical (unpaired) electrons. The van der Waals surface area contributed by atoms with Gasteiger partial charge in [-0.15, -0.1) is 0 Å². The van der Waals surface area contributed by atoms with Crippen LogP contribution < -0.4 is 4.74 Å². The van der Waals surface area contributed by atoms with E-state index in [1.165, 1.54) is 11.6 Å². The molecule has 0 saturated carbocycles. The highest BCUT2D eigenvalue weighted by atomic mass is 16.5. The number of amides is 1. The Balaban J connectivity index is 1.58. The van der Waals surface area contributed by atoms with E-state index in [0.717, 1.165) is 37.2 Å². The van der Waals surface area contributed by atoms with Crippen LogP contribution in [0.3, 0.4) is 0 Å². The number of piperidine rings is 1. The van der Waals surface area contributed by atoms with E-state index in [-0.39, 0.29) is 17.9 Å². The fourth-order valence-corrected chi connectivity index (χ4v) is 3.46. The normalized spacial score (nSPS) is 14.9. The van der Waals surface area contributed by atoms with Gasteiger partial charge in [0.1, 0.15) is 5.75 Å². The molecule has 2 aromatic rings. The van der Waals surface area contributed by atoms with Gasteiger partial charge in [-0.25, -0.2) is 4.79 Å². The third-order valence-corrected chi connectivity index (χ3v) is 4.94. The summed E-state index contributed by atoms with van der Waals surface area (Å²) in [6.45, 7) is 1.44. The molecule has 0 unspecified atom stereocenters.